The fourth-order valence-corrected chi connectivity index (χ4v) is 1.65. The number of aliphatic imine (C=N–C) groups is 1. The van der Waals surface area contributed by atoms with E-state index in [-0.39, 0.29) is 29.7 Å². The number of nitro benzene ring substituents is 1. The molecule has 0 fully saturated rings. The number of nitro groups is 1. The van der Waals surface area contributed by atoms with E-state index in [0.29, 0.717) is 18.8 Å². The van der Waals surface area contributed by atoms with Gasteiger partial charge in [-0.15, -0.1) is 24.0 Å². The molecule has 21 heavy (non-hydrogen) atoms. The zero-order chi connectivity index (χ0) is 14.8. The van der Waals surface area contributed by atoms with Crippen molar-refractivity contribution in [3.05, 3.63) is 34.4 Å². The Morgan fingerprint density at radius 2 is 1.86 bits per heavy atom. The number of rotatable bonds is 7. The van der Waals surface area contributed by atoms with Crippen LogP contribution in [0.1, 0.15) is 13.8 Å². The van der Waals surface area contributed by atoms with Crippen molar-refractivity contribution < 1.29 is 4.92 Å². The largest absolute Gasteiger partial charge is 0.378 e. The molecule has 0 bridgehead atoms. The highest BCUT2D eigenvalue weighted by Crippen LogP contribution is 2.22. The topological polar surface area (TPSA) is 91.6 Å². The maximum Gasteiger partial charge on any atom is 0.292 e. The molecule has 0 aliphatic carbocycles. The Balaban J connectivity index is 0.00000400. The van der Waals surface area contributed by atoms with Crippen molar-refractivity contribution >= 4 is 41.3 Å². The standard InChI is InChI=1S/C13H21N5O2.HI/c1-3-14-13(15-4-2)17-10-9-16-11-7-5-6-8-12(11)18(19)20;/h5-8,16H,3-4,9-10H2,1-2H3,(H2,14,15,17);1H. The van der Waals surface area contributed by atoms with E-state index >= 15 is 0 Å². The van der Waals surface area contributed by atoms with E-state index < -0.39 is 4.92 Å². The van der Waals surface area contributed by atoms with Crippen LogP contribution in [0.25, 0.3) is 0 Å². The van der Waals surface area contributed by atoms with E-state index in [9.17, 15) is 10.1 Å². The van der Waals surface area contributed by atoms with Crippen LogP contribution in [0.2, 0.25) is 0 Å². The Morgan fingerprint density at radius 1 is 1.24 bits per heavy atom. The first-order chi connectivity index (χ1) is 9.69. The zero-order valence-corrected chi connectivity index (χ0v) is 14.6. The second-order valence-electron chi connectivity index (χ2n) is 3.99. The fraction of sp³-hybridized carbons (Fsp3) is 0.462. The Bertz CT molecular complexity index is 460. The molecule has 0 unspecified atom stereocenters. The number of nitrogens with zero attached hydrogens (tertiary/aromatic N) is 2. The van der Waals surface area contributed by atoms with Gasteiger partial charge in [0, 0.05) is 25.7 Å². The predicted octanol–water partition coefficient (Wildman–Crippen LogP) is 2.20. The summed E-state index contributed by atoms with van der Waals surface area (Å²) < 4.78 is 0. The summed E-state index contributed by atoms with van der Waals surface area (Å²) in [5.41, 5.74) is 0.594. The number of nitrogens with one attached hydrogen (secondary N) is 3. The van der Waals surface area contributed by atoms with Gasteiger partial charge in [-0.2, -0.15) is 0 Å². The first-order valence-electron chi connectivity index (χ1n) is 6.68. The van der Waals surface area contributed by atoms with Crippen LogP contribution in [-0.4, -0.2) is 37.1 Å². The second kappa shape index (κ2) is 11.1. The van der Waals surface area contributed by atoms with Crippen LogP contribution in [0, 0.1) is 10.1 Å². The molecule has 1 aromatic carbocycles. The molecule has 1 aromatic rings. The minimum absolute atomic E-state index is 0. The molecule has 0 spiro atoms. The van der Waals surface area contributed by atoms with Gasteiger partial charge in [-0.3, -0.25) is 15.1 Å². The van der Waals surface area contributed by atoms with Crippen molar-refractivity contribution in [2.24, 2.45) is 4.99 Å². The lowest BCUT2D eigenvalue weighted by Gasteiger charge is -2.09. The number of benzene rings is 1. The van der Waals surface area contributed by atoms with E-state index in [1.165, 1.54) is 6.07 Å². The zero-order valence-electron chi connectivity index (χ0n) is 12.3. The van der Waals surface area contributed by atoms with Crippen LogP contribution in [0.4, 0.5) is 11.4 Å². The molecule has 1 rings (SSSR count). The van der Waals surface area contributed by atoms with E-state index in [4.69, 9.17) is 0 Å². The normalized spacial score (nSPS) is 9.24. The van der Waals surface area contributed by atoms with Gasteiger partial charge in [0.05, 0.1) is 11.5 Å². The first-order valence-corrected chi connectivity index (χ1v) is 6.68. The van der Waals surface area contributed by atoms with Crippen LogP contribution in [-0.2, 0) is 0 Å². The second-order valence-corrected chi connectivity index (χ2v) is 3.99. The summed E-state index contributed by atoms with van der Waals surface area (Å²) in [6, 6.07) is 6.59. The van der Waals surface area contributed by atoms with Crippen molar-refractivity contribution in [1.82, 2.24) is 10.6 Å². The maximum atomic E-state index is 10.9. The Kier molecular flexibility index (Phi) is 10.3. The molecule has 7 nitrogen and oxygen atoms in total. The Labute approximate surface area is 141 Å². The minimum atomic E-state index is -0.395. The predicted molar refractivity (Wildman–Crippen MR) is 96.7 cm³/mol. The molecule has 0 heterocycles. The van der Waals surface area contributed by atoms with E-state index in [1.54, 1.807) is 18.2 Å². The van der Waals surface area contributed by atoms with Gasteiger partial charge in [0.1, 0.15) is 5.69 Å². The highest BCUT2D eigenvalue weighted by Gasteiger charge is 2.10. The van der Waals surface area contributed by atoms with Crippen molar-refractivity contribution in [3.8, 4) is 0 Å². The minimum Gasteiger partial charge on any atom is -0.378 e. The number of guanidine groups is 1. The average molecular weight is 407 g/mol. The number of halogens is 1. The van der Waals surface area contributed by atoms with E-state index in [0.717, 1.165) is 19.0 Å². The van der Waals surface area contributed by atoms with Gasteiger partial charge in [-0.05, 0) is 19.9 Å². The summed E-state index contributed by atoms with van der Waals surface area (Å²) >= 11 is 0. The lowest BCUT2D eigenvalue weighted by molar-refractivity contribution is -0.384. The van der Waals surface area contributed by atoms with Crippen LogP contribution in [0.15, 0.2) is 29.3 Å². The Hall–Kier alpha value is -1.58. The molecule has 118 valence electrons. The molecule has 0 aliphatic heterocycles. The summed E-state index contributed by atoms with van der Waals surface area (Å²) in [5.74, 6) is 0.749. The summed E-state index contributed by atoms with van der Waals surface area (Å²) in [6.07, 6.45) is 0. The van der Waals surface area contributed by atoms with Crippen LogP contribution >= 0.6 is 24.0 Å². The molecule has 0 amide bonds. The molecule has 0 radical (unpaired) electrons. The number of hydrogen-bond donors (Lipinski definition) is 3. The van der Waals surface area contributed by atoms with Gasteiger partial charge in [0.15, 0.2) is 5.96 Å². The molecule has 0 saturated heterocycles. The quantitative estimate of drug-likeness (QED) is 0.161. The molecule has 8 heteroatoms. The summed E-state index contributed by atoms with van der Waals surface area (Å²) in [7, 11) is 0. The van der Waals surface area contributed by atoms with Gasteiger partial charge in [0.2, 0.25) is 0 Å². The number of para-hydroxylation sites is 2. The average Bonchev–Trinajstić information content (AvgIpc) is 2.44. The molecule has 3 N–H and O–H groups in total. The molecule has 0 aromatic heterocycles. The van der Waals surface area contributed by atoms with Gasteiger partial charge < -0.3 is 16.0 Å². The van der Waals surface area contributed by atoms with Crippen LogP contribution < -0.4 is 16.0 Å². The van der Waals surface area contributed by atoms with Crippen molar-refractivity contribution in [3.63, 3.8) is 0 Å². The molecular formula is C13H22IN5O2. The van der Waals surface area contributed by atoms with Crippen molar-refractivity contribution in [2.75, 3.05) is 31.5 Å². The number of hydrogen-bond acceptors (Lipinski definition) is 4. The third kappa shape index (κ3) is 7.11. The number of anilines is 1. The Morgan fingerprint density at radius 3 is 2.43 bits per heavy atom. The third-order valence-corrected chi connectivity index (χ3v) is 2.49. The fourth-order valence-electron chi connectivity index (χ4n) is 1.65. The monoisotopic (exact) mass is 407 g/mol. The highest BCUT2D eigenvalue weighted by molar-refractivity contribution is 14.0. The first kappa shape index (κ1) is 19.4. The van der Waals surface area contributed by atoms with Crippen molar-refractivity contribution in [1.29, 1.82) is 0 Å². The van der Waals surface area contributed by atoms with Gasteiger partial charge in [-0.1, -0.05) is 12.1 Å². The molecular weight excluding hydrogens is 385 g/mol. The smallest absolute Gasteiger partial charge is 0.292 e. The highest BCUT2D eigenvalue weighted by atomic mass is 127. The third-order valence-electron chi connectivity index (χ3n) is 2.49. The lowest BCUT2D eigenvalue weighted by atomic mass is 10.2. The SMILES string of the molecule is CCNC(=NCCNc1ccccc1[N+](=O)[O-])NCC.I. The van der Waals surface area contributed by atoms with Crippen LogP contribution in [0.5, 0.6) is 0 Å². The van der Waals surface area contributed by atoms with Gasteiger partial charge >= 0.3 is 0 Å². The maximum absolute atomic E-state index is 10.9. The van der Waals surface area contributed by atoms with Crippen LogP contribution in [0.3, 0.4) is 0 Å². The summed E-state index contributed by atoms with van der Waals surface area (Å²) in [4.78, 5) is 14.8. The van der Waals surface area contributed by atoms with Crippen molar-refractivity contribution in [2.45, 2.75) is 13.8 Å². The molecule has 0 saturated carbocycles. The van der Waals surface area contributed by atoms with Gasteiger partial charge in [0.25, 0.3) is 5.69 Å². The lowest BCUT2D eigenvalue weighted by Crippen LogP contribution is -2.37. The van der Waals surface area contributed by atoms with E-state index in [2.05, 4.69) is 20.9 Å². The molecule has 0 aliphatic rings. The summed E-state index contributed by atoms with van der Waals surface area (Å²) in [5, 5.41) is 20.1. The van der Waals surface area contributed by atoms with E-state index in [1.807, 2.05) is 13.8 Å². The molecule has 0 atom stereocenters. The summed E-state index contributed by atoms with van der Waals surface area (Å²) in [6.45, 7) is 6.65. The van der Waals surface area contributed by atoms with Gasteiger partial charge in [-0.25, -0.2) is 0 Å².